The number of aliphatic imine (C=N–C) groups is 1. The van der Waals surface area contributed by atoms with Crippen molar-refractivity contribution in [1.29, 1.82) is 0 Å². The lowest BCUT2D eigenvalue weighted by molar-refractivity contribution is -0.132. The zero-order chi connectivity index (χ0) is 23.8. The van der Waals surface area contributed by atoms with E-state index in [1.807, 2.05) is 42.2 Å². The van der Waals surface area contributed by atoms with Crippen LogP contribution in [0.1, 0.15) is 30.4 Å². The molecule has 2 heterocycles. The average Bonchev–Trinajstić information content (AvgIpc) is 3.29. The van der Waals surface area contributed by atoms with Crippen molar-refractivity contribution in [2.45, 2.75) is 33.1 Å². The normalized spacial score (nSPS) is 20.0. The molecule has 178 valence electrons. The van der Waals surface area contributed by atoms with Gasteiger partial charge in [-0.15, -0.1) is 0 Å². The summed E-state index contributed by atoms with van der Waals surface area (Å²) in [6.07, 6.45) is 2.65. The minimum Gasteiger partial charge on any atom is -0.497 e. The number of anilines is 2. The molecule has 0 aromatic heterocycles. The molecule has 0 bridgehead atoms. The van der Waals surface area contributed by atoms with E-state index in [-0.39, 0.29) is 24.3 Å². The smallest absolute Gasteiger partial charge is 0.242 e. The summed E-state index contributed by atoms with van der Waals surface area (Å²) in [5.41, 5.74) is 5.92. The predicted molar refractivity (Wildman–Crippen MR) is 134 cm³/mol. The van der Waals surface area contributed by atoms with E-state index >= 15 is 0 Å². The quantitative estimate of drug-likeness (QED) is 0.695. The van der Waals surface area contributed by atoms with Crippen LogP contribution in [0, 0.1) is 19.8 Å². The molecule has 2 fully saturated rings. The van der Waals surface area contributed by atoms with Gasteiger partial charge >= 0.3 is 0 Å². The van der Waals surface area contributed by atoms with Crippen LogP contribution < -0.4 is 14.5 Å². The van der Waals surface area contributed by atoms with Gasteiger partial charge in [0.25, 0.3) is 0 Å². The number of methoxy groups -OCH3 is 1. The number of hydrogen-bond donors (Lipinski definition) is 0. The number of aryl methyl sites for hydroxylation is 2. The number of amides is 2. The zero-order valence-electron chi connectivity index (χ0n) is 20.2. The van der Waals surface area contributed by atoms with E-state index in [9.17, 15) is 9.59 Å². The highest BCUT2D eigenvalue weighted by atomic mass is 16.5. The van der Waals surface area contributed by atoms with Crippen molar-refractivity contribution < 1.29 is 14.3 Å². The molecule has 2 amide bonds. The van der Waals surface area contributed by atoms with Crippen LogP contribution in [-0.4, -0.2) is 62.3 Å². The van der Waals surface area contributed by atoms with Gasteiger partial charge in [0.05, 0.1) is 24.4 Å². The minimum atomic E-state index is -0.201. The Bertz CT molecular complexity index is 1130. The zero-order valence-corrected chi connectivity index (χ0v) is 20.2. The van der Waals surface area contributed by atoms with Crippen LogP contribution in [-0.2, 0) is 9.59 Å². The number of fused-ring (bicyclic) bond motifs is 2. The second-order valence-corrected chi connectivity index (χ2v) is 9.46. The number of carbonyl (C=O) groups excluding carboxylic acids is 2. The SMILES string of the molecule is COc1ccc(N2CCN(C(=O)CN3C(=O)C4CCCC4=Nc4cc(C)c(C)cc43)CC2)cc1. The summed E-state index contributed by atoms with van der Waals surface area (Å²) in [4.78, 5) is 37.7. The van der Waals surface area contributed by atoms with Crippen molar-refractivity contribution in [1.82, 2.24) is 4.90 Å². The predicted octanol–water partition coefficient (Wildman–Crippen LogP) is 3.88. The van der Waals surface area contributed by atoms with E-state index in [1.54, 1.807) is 12.0 Å². The molecule has 0 spiro atoms. The third-order valence-electron chi connectivity index (χ3n) is 7.40. The standard InChI is InChI=1S/C27H32N4O3/c1-18-15-24-25(16-19(18)2)31(27(33)22-5-4-6-23(22)28-24)17-26(32)30-13-11-29(12-14-30)20-7-9-21(34-3)10-8-20/h7-10,15-16,22H,4-6,11-14,17H2,1-3H3. The molecule has 2 aliphatic heterocycles. The van der Waals surface area contributed by atoms with E-state index in [2.05, 4.69) is 17.9 Å². The lowest BCUT2D eigenvalue weighted by Crippen LogP contribution is -2.52. The van der Waals surface area contributed by atoms with E-state index in [0.29, 0.717) is 13.1 Å². The fourth-order valence-electron chi connectivity index (χ4n) is 5.19. The molecule has 1 atom stereocenters. The molecule has 7 nitrogen and oxygen atoms in total. The summed E-state index contributed by atoms with van der Waals surface area (Å²) in [6, 6.07) is 12.1. The molecule has 1 aliphatic carbocycles. The molecule has 1 unspecified atom stereocenters. The van der Waals surface area contributed by atoms with Gasteiger partial charge < -0.3 is 19.4 Å². The fraction of sp³-hybridized carbons (Fsp3) is 0.444. The summed E-state index contributed by atoms with van der Waals surface area (Å²) in [5.74, 6) is 0.643. The van der Waals surface area contributed by atoms with Crippen LogP contribution in [0.25, 0.3) is 0 Å². The van der Waals surface area contributed by atoms with Gasteiger partial charge in [-0.05, 0) is 80.6 Å². The second kappa shape index (κ2) is 9.12. The van der Waals surface area contributed by atoms with Crippen molar-refractivity contribution in [3.8, 4) is 5.75 Å². The van der Waals surface area contributed by atoms with Crippen molar-refractivity contribution in [3.05, 3.63) is 47.5 Å². The first-order valence-corrected chi connectivity index (χ1v) is 12.1. The van der Waals surface area contributed by atoms with Gasteiger partial charge in [-0.1, -0.05) is 0 Å². The van der Waals surface area contributed by atoms with Crippen LogP contribution in [0.3, 0.4) is 0 Å². The maximum absolute atomic E-state index is 13.5. The van der Waals surface area contributed by atoms with Gasteiger partial charge in [-0.3, -0.25) is 14.6 Å². The second-order valence-electron chi connectivity index (χ2n) is 9.46. The summed E-state index contributed by atoms with van der Waals surface area (Å²) in [5, 5.41) is 0. The van der Waals surface area contributed by atoms with E-state index < -0.39 is 0 Å². The van der Waals surface area contributed by atoms with Gasteiger partial charge in [0.2, 0.25) is 11.8 Å². The highest BCUT2D eigenvalue weighted by Crippen LogP contribution is 2.39. The monoisotopic (exact) mass is 460 g/mol. The van der Waals surface area contributed by atoms with Gasteiger partial charge in [0, 0.05) is 37.6 Å². The Morgan fingerprint density at radius 3 is 2.47 bits per heavy atom. The fourth-order valence-corrected chi connectivity index (χ4v) is 5.19. The van der Waals surface area contributed by atoms with E-state index in [1.165, 1.54) is 0 Å². The Balaban J connectivity index is 1.31. The molecule has 0 N–H and O–H groups in total. The largest absolute Gasteiger partial charge is 0.497 e. The lowest BCUT2D eigenvalue weighted by Gasteiger charge is -2.37. The highest BCUT2D eigenvalue weighted by molar-refractivity contribution is 6.16. The van der Waals surface area contributed by atoms with Crippen LogP contribution in [0.15, 0.2) is 41.4 Å². The third-order valence-corrected chi connectivity index (χ3v) is 7.40. The number of rotatable bonds is 4. The number of hydrogen-bond acceptors (Lipinski definition) is 5. The molecule has 7 heteroatoms. The molecule has 0 radical (unpaired) electrons. The summed E-state index contributed by atoms with van der Waals surface area (Å²) >= 11 is 0. The Hall–Kier alpha value is -3.35. The minimum absolute atomic E-state index is 0.00615. The Kier molecular flexibility index (Phi) is 6.02. The molecule has 2 aromatic rings. The topological polar surface area (TPSA) is 65.5 Å². The van der Waals surface area contributed by atoms with Crippen molar-refractivity contribution >= 4 is 34.6 Å². The Labute approximate surface area is 201 Å². The number of benzene rings is 2. The molecule has 1 saturated carbocycles. The first-order valence-electron chi connectivity index (χ1n) is 12.1. The maximum atomic E-state index is 13.5. The summed E-state index contributed by atoms with van der Waals surface area (Å²) in [7, 11) is 1.66. The molecule has 2 aromatic carbocycles. The van der Waals surface area contributed by atoms with Gasteiger partial charge in [0.1, 0.15) is 12.3 Å². The number of nitrogens with zero attached hydrogens (tertiary/aromatic N) is 4. The van der Waals surface area contributed by atoms with Crippen LogP contribution >= 0.6 is 0 Å². The van der Waals surface area contributed by atoms with Gasteiger partial charge in [-0.2, -0.15) is 0 Å². The maximum Gasteiger partial charge on any atom is 0.242 e. The molecule has 34 heavy (non-hydrogen) atoms. The van der Waals surface area contributed by atoms with Crippen molar-refractivity contribution in [3.63, 3.8) is 0 Å². The van der Waals surface area contributed by atoms with Crippen LogP contribution in [0.4, 0.5) is 17.1 Å². The first-order chi connectivity index (χ1) is 16.4. The first kappa shape index (κ1) is 22.4. The molecule has 1 saturated heterocycles. The van der Waals surface area contributed by atoms with Gasteiger partial charge in [-0.25, -0.2) is 0 Å². The third kappa shape index (κ3) is 4.15. The number of carbonyl (C=O) groups is 2. The molecular formula is C27H32N4O3. The molecule has 3 aliphatic rings. The molecular weight excluding hydrogens is 428 g/mol. The van der Waals surface area contributed by atoms with E-state index in [4.69, 9.17) is 9.73 Å². The average molecular weight is 461 g/mol. The van der Waals surface area contributed by atoms with Gasteiger partial charge in [0.15, 0.2) is 0 Å². The van der Waals surface area contributed by atoms with E-state index in [0.717, 1.165) is 72.0 Å². The molecule has 5 rings (SSSR count). The summed E-state index contributed by atoms with van der Waals surface area (Å²) < 4.78 is 5.25. The highest BCUT2D eigenvalue weighted by Gasteiger charge is 2.38. The Morgan fingerprint density at radius 2 is 1.76 bits per heavy atom. The summed E-state index contributed by atoms with van der Waals surface area (Å²) in [6.45, 7) is 6.96. The van der Waals surface area contributed by atoms with Crippen LogP contribution in [0.2, 0.25) is 0 Å². The Morgan fingerprint density at radius 1 is 1.06 bits per heavy atom. The number of ether oxygens (including phenoxy) is 1. The van der Waals surface area contributed by atoms with Crippen molar-refractivity contribution in [2.24, 2.45) is 10.9 Å². The van der Waals surface area contributed by atoms with Crippen LogP contribution in [0.5, 0.6) is 5.75 Å². The lowest BCUT2D eigenvalue weighted by atomic mass is 10.0. The number of piperazine rings is 1. The van der Waals surface area contributed by atoms with Crippen molar-refractivity contribution in [2.75, 3.05) is 49.6 Å².